The molecular formula is C16H19F6N3O5. The van der Waals surface area contributed by atoms with Crippen LogP contribution in [0, 0.1) is 0 Å². The summed E-state index contributed by atoms with van der Waals surface area (Å²) in [5, 5.41) is 10.00. The molecule has 0 radical (unpaired) electrons. The molecule has 0 spiro atoms. The summed E-state index contributed by atoms with van der Waals surface area (Å²) in [7, 11) is 0. The minimum atomic E-state index is -4.76. The predicted molar refractivity (Wildman–Crippen MR) is 85.6 cm³/mol. The molecule has 30 heavy (non-hydrogen) atoms. The van der Waals surface area contributed by atoms with Crippen LogP contribution in [0.4, 0.5) is 26.3 Å². The highest BCUT2D eigenvalue weighted by Crippen LogP contribution is 2.40. The molecule has 1 N–H and O–H groups in total. The van der Waals surface area contributed by atoms with Gasteiger partial charge in [-0.1, -0.05) is 6.58 Å². The molecule has 1 saturated carbocycles. The average molecular weight is 447 g/mol. The third-order valence-electron chi connectivity index (χ3n) is 3.91. The molecule has 1 fully saturated rings. The third-order valence-corrected chi connectivity index (χ3v) is 3.91. The molecule has 1 aliphatic rings. The molecule has 0 bridgehead atoms. The Morgan fingerprint density at radius 2 is 1.83 bits per heavy atom. The molecule has 0 unspecified atom stereocenters. The fraction of sp³-hybridized carbons (Fsp3) is 0.688. The van der Waals surface area contributed by atoms with Crippen LogP contribution in [-0.4, -0.2) is 54.8 Å². The molecule has 170 valence electrons. The summed E-state index contributed by atoms with van der Waals surface area (Å²) in [4.78, 5) is 11.6. The fourth-order valence-electron chi connectivity index (χ4n) is 2.52. The smallest absolute Gasteiger partial charge is 0.425 e. The zero-order valence-corrected chi connectivity index (χ0v) is 15.5. The Balaban J connectivity index is 1.60. The van der Waals surface area contributed by atoms with E-state index in [2.05, 4.69) is 31.6 Å². The summed E-state index contributed by atoms with van der Waals surface area (Å²) in [5.41, 5.74) is 0.289. The van der Waals surface area contributed by atoms with Crippen LogP contribution in [-0.2, 0) is 25.4 Å². The van der Waals surface area contributed by atoms with Gasteiger partial charge in [0.25, 0.3) is 0 Å². The molecule has 1 amide bonds. The third kappa shape index (κ3) is 9.09. The van der Waals surface area contributed by atoms with Crippen molar-refractivity contribution < 1.29 is 49.8 Å². The largest absolute Gasteiger partial charge is 0.522 e. The van der Waals surface area contributed by atoms with Gasteiger partial charge in [-0.15, -0.1) is 36.5 Å². The fourth-order valence-corrected chi connectivity index (χ4v) is 2.52. The number of carbonyl (C=O) groups is 1. The molecule has 0 atom stereocenters. The van der Waals surface area contributed by atoms with E-state index in [4.69, 9.17) is 9.15 Å². The number of aryl methyl sites for hydroxylation is 1. The molecule has 0 saturated heterocycles. The van der Waals surface area contributed by atoms with Crippen LogP contribution in [0.2, 0.25) is 0 Å². The van der Waals surface area contributed by atoms with Crippen molar-refractivity contribution in [1.82, 2.24) is 15.5 Å². The van der Waals surface area contributed by atoms with Crippen LogP contribution in [0.5, 0.6) is 0 Å². The molecule has 0 aromatic carbocycles. The summed E-state index contributed by atoms with van der Waals surface area (Å²) in [5.74, 6) is -0.472. The van der Waals surface area contributed by atoms with Gasteiger partial charge in [-0.05, 0) is 19.3 Å². The van der Waals surface area contributed by atoms with E-state index in [9.17, 15) is 31.1 Å². The maximum atomic E-state index is 12.1. The van der Waals surface area contributed by atoms with Crippen molar-refractivity contribution >= 4 is 5.91 Å². The molecule has 14 heteroatoms. The van der Waals surface area contributed by atoms with Crippen LogP contribution in [0.15, 0.2) is 16.7 Å². The molecule has 8 nitrogen and oxygen atoms in total. The van der Waals surface area contributed by atoms with Gasteiger partial charge >= 0.3 is 12.7 Å². The van der Waals surface area contributed by atoms with E-state index in [-0.39, 0.29) is 49.1 Å². The van der Waals surface area contributed by atoms with Crippen molar-refractivity contribution in [3.05, 3.63) is 24.1 Å². The Bertz CT molecular complexity index is 715. The molecule has 1 heterocycles. The monoisotopic (exact) mass is 447 g/mol. The number of carbonyl (C=O) groups excluding carboxylic acids is 1. The van der Waals surface area contributed by atoms with E-state index in [0.717, 1.165) is 0 Å². The summed E-state index contributed by atoms with van der Waals surface area (Å²) in [6.07, 6.45) is -9.66. The highest BCUT2D eigenvalue weighted by Gasteiger charge is 2.42. The summed E-state index contributed by atoms with van der Waals surface area (Å²) in [6, 6.07) is 0. The normalized spacial score (nSPS) is 19.4. The van der Waals surface area contributed by atoms with E-state index in [1.165, 1.54) is 0 Å². The number of amides is 1. The van der Waals surface area contributed by atoms with E-state index >= 15 is 0 Å². The Hall–Kier alpha value is -2.19. The summed E-state index contributed by atoms with van der Waals surface area (Å²) < 4.78 is 89.1. The zero-order valence-electron chi connectivity index (χ0n) is 15.5. The van der Waals surface area contributed by atoms with E-state index in [0.29, 0.717) is 0 Å². The average Bonchev–Trinajstić information content (AvgIpc) is 3.02. The van der Waals surface area contributed by atoms with Gasteiger partial charge < -0.3 is 14.5 Å². The van der Waals surface area contributed by atoms with Crippen molar-refractivity contribution in [1.29, 1.82) is 0 Å². The number of alkyl halides is 6. The zero-order chi connectivity index (χ0) is 22.4. The number of nitrogens with one attached hydrogen (secondary N) is 1. The number of aromatic nitrogens is 2. The highest BCUT2D eigenvalue weighted by atomic mass is 19.4. The predicted octanol–water partition coefficient (Wildman–Crippen LogP) is 2.97. The Morgan fingerprint density at radius 3 is 2.47 bits per heavy atom. The first-order valence-corrected chi connectivity index (χ1v) is 8.74. The van der Waals surface area contributed by atoms with Crippen molar-refractivity contribution in [3.63, 3.8) is 0 Å². The lowest BCUT2D eigenvalue weighted by atomic mass is 9.82. The number of ether oxygens (including phenoxy) is 3. The SMILES string of the molecule is C=C(CCc1nnc([C@H]2C[C@@H](OC(F)(F)F)C2)o1)NC(=O)COCCOC(F)(F)F. The first-order chi connectivity index (χ1) is 13.9. The minimum absolute atomic E-state index is 0.123. The van der Waals surface area contributed by atoms with Crippen LogP contribution in [0.3, 0.4) is 0 Å². The van der Waals surface area contributed by atoms with Crippen molar-refractivity contribution in [3.8, 4) is 0 Å². The number of nitrogens with zero attached hydrogens (tertiary/aromatic N) is 2. The molecular weight excluding hydrogens is 428 g/mol. The van der Waals surface area contributed by atoms with E-state index in [1.807, 2.05) is 0 Å². The maximum absolute atomic E-state index is 12.1. The van der Waals surface area contributed by atoms with Gasteiger partial charge in [-0.25, -0.2) is 0 Å². The number of hydrogen-bond donors (Lipinski definition) is 1. The van der Waals surface area contributed by atoms with Gasteiger partial charge in [0.15, 0.2) is 0 Å². The standard InChI is InChI=1S/C16H19F6N3O5/c1-9(23-12(26)8-27-4-5-28-15(17,18)19)2-3-13-24-25-14(29-13)10-6-11(7-10)30-16(20,21)22/h10-11H,1-8H2,(H,23,26)/t10-,11+. The molecule has 0 aliphatic heterocycles. The van der Waals surface area contributed by atoms with E-state index < -0.39 is 44.6 Å². The number of halogens is 6. The van der Waals surface area contributed by atoms with Crippen LogP contribution in [0.1, 0.15) is 37.0 Å². The lowest BCUT2D eigenvalue weighted by molar-refractivity contribution is -0.352. The second kappa shape index (κ2) is 10.2. The van der Waals surface area contributed by atoms with Gasteiger partial charge in [0.1, 0.15) is 6.61 Å². The van der Waals surface area contributed by atoms with Crippen LogP contribution < -0.4 is 5.32 Å². The second-order valence-corrected chi connectivity index (χ2v) is 6.39. The Kier molecular flexibility index (Phi) is 8.20. The lowest BCUT2D eigenvalue weighted by Crippen LogP contribution is -2.34. The van der Waals surface area contributed by atoms with Crippen molar-refractivity contribution in [2.24, 2.45) is 0 Å². The first-order valence-electron chi connectivity index (χ1n) is 8.74. The maximum Gasteiger partial charge on any atom is 0.522 e. The van der Waals surface area contributed by atoms with Gasteiger partial charge in [-0.2, -0.15) is 0 Å². The Morgan fingerprint density at radius 1 is 1.13 bits per heavy atom. The first kappa shape index (κ1) is 24.1. The number of hydrogen-bond acceptors (Lipinski definition) is 7. The lowest BCUT2D eigenvalue weighted by Gasteiger charge is -2.32. The summed E-state index contributed by atoms with van der Waals surface area (Å²) in [6.45, 7) is 2.00. The second-order valence-electron chi connectivity index (χ2n) is 6.39. The molecule has 1 aromatic heterocycles. The molecule has 2 rings (SSSR count). The van der Waals surface area contributed by atoms with Gasteiger partial charge in [0.2, 0.25) is 17.7 Å². The van der Waals surface area contributed by atoms with Gasteiger partial charge in [0.05, 0.1) is 19.3 Å². The van der Waals surface area contributed by atoms with E-state index in [1.54, 1.807) is 0 Å². The van der Waals surface area contributed by atoms with Gasteiger partial charge in [-0.3, -0.25) is 14.3 Å². The molecule has 1 aliphatic carbocycles. The number of allylic oxidation sites excluding steroid dienone is 1. The minimum Gasteiger partial charge on any atom is -0.425 e. The quantitative estimate of drug-likeness (QED) is 0.412. The van der Waals surface area contributed by atoms with Crippen molar-refractivity contribution in [2.45, 2.75) is 50.4 Å². The summed E-state index contributed by atoms with van der Waals surface area (Å²) >= 11 is 0. The topological polar surface area (TPSA) is 95.7 Å². The number of rotatable bonds is 11. The Labute approximate surface area is 166 Å². The van der Waals surface area contributed by atoms with Crippen LogP contribution in [0.25, 0.3) is 0 Å². The molecule has 1 aromatic rings. The van der Waals surface area contributed by atoms with Crippen LogP contribution >= 0.6 is 0 Å². The van der Waals surface area contributed by atoms with Crippen molar-refractivity contribution in [2.75, 3.05) is 19.8 Å². The van der Waals surface area contributed by atoms with Gasteiger partial charge in [0, 0.05) is 18.0 Å². The highest BCUT2D eigenvalue weighted by molar-refractivity contribution is 5.78.